The Hall–Kier alpha value is -2.85. The van der Waals surface area contributed by atoms with Gasteiger partial charge in [-0.15, -0.1) is 0 Å². The van der Waals surface area contributed by atoms with Gasteiger partial charge in [-0.25, -0.2) is 0 Å². The van der Waals surface area contributed by atoms with Crippen molar-refractivity contribution < 1.29 is 14.3 Å². The first-order chi connectivity index (χ1) is 13.2. The lowest BCUT2D eigenvalue weighted by Crippen LogP contribution is -2.12. The molecule has 4 heteroatoms. The van der Waals surface area contributed by atoms with Crippen LogP contribution in [-0.4, -0.2) is 13.1 Å². The minimum absolute atomic E-state index is 0.130. The molecule has 0 aliphatic rings. The van der Waals surface area contributed by atoms with Crippen LogP contribution in [-0.2, 0) is 11.2 Å². The Balaban J connectivity index is 1.68. The molecule has 0 radical (unpaired) electrons. The summed E-state index contributed by atoms with van der Waals surface area (Å²) in [5.74, 6) is 0.930. The maximum Gasteiger partial charge on any atom is 0.315 e. The molecule has 0 aliphatic carbocycles. The summed E-state index contributed by atoms with van der Waals surface area (Å²) in [7, 11) is 1.61. The van der Waals surface area contributed by atoms with Gasteiger partial charge in [-0.1, -0.05) is 64.5 Å². The molecule has 0 heterocycles. The number of esters is 1. The Morgan fingerprint density at radius 3 is 2.52 bits per heavy atom. The average molecular weight is 421 g/mol. The van der Waals surface area contributed by atoms with Crippen LogP contribution in [0.4, 0.5) is 0 Å². The molecule has 0 N–H and O–H groups in total. The molecule has 27 heavy (non-hydrogen) atoms. The highest BCUT2D eigenvalue weighted by atomic mass is 79.9. The van der Waals surface area contributed by atoms with Crippen molar-refractivity contribution in [3.63, 3.8) is 0 Å². The molecule has 0 aromatic heterocycles. The molecule has 0 unspecified atom stereocenters. The smallest absolute Gasteiger partial charge is 0.315 e. The molecule has 134 valence electrons. The molecule has 0 saturated heterocycles. The molecular formula is C23H17BrO3. The second-order valence-electron chi connectivity index (χ2n) is 6.24. The van der Waals surface area contributed by atoms with Gasteiger partial charge in [-0.3, -0.25) is 4.79 Å². The third kappa shape index (κ3) is 3.53. The van der Waals surface area contributed by atoms with Crippen LogP contribution in [0.1, 0.15) is 5.56 Å². The van der Waals surface area contributed by atoms with Gasteiger partial charge in [0.2, 0.25) is 0 Å². The highest BCUT2D eigenvalue weighted by molar-refractivity contribution is 9.10. The number of rotatable bonds is 4. The van der Waals surface area contributed by atoms with Crippen molar-refractivity contribution in [2.45, 2.75) is 6.42 Å². The van der Waals surface area contributed by atoms with Crippen molar-refractivity contribution in [3.05, 3.63) is 82.8 Å². The molecule has 4 rings (SSSR count). The normalized spacial score (nSPS) is 10.9. The number of carbonyl (C=O) groups excluding carboxylic acids is 1. The summed E-state index contributed by atoms with van der Waals surface area (Å²) < 4.78 is 12.2. The van der Waals surface area contributed by atoms with E-state index in [0.717, 1.165) is 31.6 Å². The summed E-state index contributed by atoms with van der Waals surface area (Å²) >= 11 is 3.49. The highest BCUT2D eigenvalue weighted by Gasteiger charge is 2.15. The van der Waals surface area contributed by atoms with Crippen LogP contribution in [0.25, 0.3) is 21.5 Å². The average Bonchev–Trinajstić information content (AvgIpc) is 2.68. The molecular weight excluding hydrogens is 404 g/mol. The van der Waals surface area contributed by atoms with Crippen molar-refractivity contribution in [2.24, 2.45) is 0 Å². The van der Waals surface area contributed by atoms with Gasteiger partial charge >= 0.3 is 5.97 Å². The zero-order chi connectivity index (χ0) is 18.8. The second kappa shape index (κ2) is 7.41. The molecule has 0 aliphatic heterocycles. The standard InChI is InChI=1S/C23H17BrO3/c1-26-21-12-9-16-13-17(24)10-11-18(16)20(21)14-23(25)27-22-8-4-6-15-5-2-3-7-19(15)22/h2-13H,14H2,1H3. The Kier molecular flexibility index (Phi) is 4.82. The first kappa shape index (κ1) is 17.6. The van der Waals surface area contributed by atoms with E-state index in [1.165, 1.54) is 0 Å². The second-order valence-corrected chi connectivity index (χ2v) is 7.16. The van der Waals surface area contributed by atoms with Gasteiger partial charge in [0.05, 0.1) is 13.5 Å². The predicted molar refractivity (Wildman–Crippen MR) is 111 cm³/mol. The monoisotopic (exact) mass is 420 g/mol. The lowest BCUT2D eigenvalue weighted by Gasteiger charge is -2.13. The van der Waals surface area contributed by atoms with Crippen molar-refractivity contribution in [3.8, 4) is 11.5 Å². The number of carbonyl (C=O) groups is 1. The number of hydrogen-bond acceptors (Lipinski definition) is 3. The number of benzene rings is 4. The Labute approximate surface area is 165 Å². The molecule has 0 bridgehead atoms. The van der Waals surface area contributed by atoms with E-state index in [1.807, 2.05) is 72.8 Å². The van der Waals surface area contributed by atoms with Crippen LogP contribution in [0.3, 0.4) is 0 Å². The van der Waals surface area contributed by atoms with E-state index in [-0.39, 0.29) is 12.4 Å². The number of ether oxygens (including phenoxy) is 2. The number of methoxy groups -OCH3 is 1. The third-order valence-corrected chi connectivity index (χ3v) is 5.06. The maximum absolute atomic E-state index is 12.7. The van der Waals surface area contributed by atoms with E-state index in [1.54, 1.807) is 7.11 Å². The van der Waals surface area contributed by atoms with E-state index in [2.05, 4.69) is 15.9 Å². The molecule has 4 aromatic rings. The minimum atomic E-state index is -0.319. The molecule has 0 fully saturated rings. The fourth-order valence-electron chi connectivity index (χ4n) is 3.31. The quantitative estimate of drug-likeness (QED) is 0.304. The van der Waals surface area contributed by atoms with Crippen LogP contribution in [0.2, 0.25) is 0 Å². The molecule has 0 amide bonds. The lowest BCUT2D eigenvalue weighted by molar-refractivity contribution is -0.133. The summed E-state index contributed by atoms with van der Waals surface area (Å²) in [6.07, 6.45) is 0.130. The number of fused-ring (bicyclic) bond motifs is 2. The molecule has 0 atom stereocenters. The SMILES string of the molecule is COc1ccc2cc(Br)ccc2c1CC(=O)Oc1cccc2ccccc12. The Bertz CT molecular complexity index is 1150. The highest BCUT2D eigenvalue weighted by Crippen LogP contribution is 2.31. The van der Waals surface area contributed by atoms with Gasteiger partial charge in [-0.05, 0) is 40.4 Å². The van der Waals surface area contributed by atoms with Gasteiger partial charge < -0.3 is 9.47 Å². The summed E-state index contributed by atoms with van der Waals surface area (Å²) in [6.45, 7) is 0. The molecule has 3 nitrogen and oxygen atoms in total. The fraction of sp³-hybridized carbons (Fsp3) is 0.0870. The predicted octanol–water partition coefficient (Wildman–Crippen LogP) is 5.91. The van der Waals surface area contributed by atoms with Gasteiger partial charge in [0.25, 0.3) is 0 Å². The van der Waals surface area contributed by atoms with Gasteiger partial charge in [0, 0.05) is 15.4 Å². The van der Waals surface area contributed by atoms with Crippen LogP contribution in [0.15, 0.2) is 77.3 Å². The van der Waals surface area contributed by atoms with Crippen molar-refractivity contribution >= 4 is 43.4 Å². The minimum Gasteiger partial charge on any atom is -0.496 e. The van der Waals surface area contributed by atoms with Crippen LogP contribution in [0, 0.1) is 0 Å². The van der Waals surface area contributed by atoms with Crippen molar-refractivity contribution in [2.75, 3.05) is 7.11 Å². The van der Waals surface area contributed by atoms with E-state index < -0.39 is 0 Å². The topological polar surface area (TPSA) is 35.5 Å². The lowest BCUT2D eigenvalue weighted by atomic mass is 10.0. The van der Waals surface area contributed by atoms with Gasteiger partial charge in [-0.2, -0.15) is 0 Å². The van der Waals surface area contributed by atoms with E-state index in [9.17, 15) is 4.79 Å². The third-order valence-electron chi connectivity index (χ3n) is 4.56. The first-order valence-corrected chi connectivity index (χ1v) is 9.38. The van der Waals surface area contributed by atoms with Crippen LogP contribution in [0.5, 0.6) is 11.5 Å². The summed E-state index contributed by atoms with van der Waals surface area (Å²) in [5.41, 5.74) is 0.827. The van der Waals surface area contributed by atoms with Crippen LogP contribution >= 0.6 is 15.9 Å². The summed E-state index contributed by atoms with van der Waals surface area (Å²) in [5, 5.41) is 3.98. The zero-order valence-corrected chi connectivity index (χ0v) is 16.3. The van der Waals surface area contributed by atoms with E-state index >= 15 is 0 Å². The largest absolute Gasteiger partial charge is 0.496 e. The number of halogens is 1. The maximum atomic E-state index is 12.7. The molecule has 0 spiro atoms. The van der Waals surface area contributed by atoms with Gasteiger partial charge in [0.1, 0.15) is 11.5 Å². The summed E-state index contributed by atoms with van der Waals surface area (Å²) in [6, 6.07) is 23.4. The zero-order valence-electron chi connectivity index (χ0n) is 14.7. The van der Waals surface area contributed by atoms with Crippen LogP contribution < -0.4 is 9.47 Å². The fourth-order valence-corrected chi connectivity index (χ4v) is 3.69. The van der Waals surface area contributed by atoms with Gasteiger partial charge in [0.15, 0.2) is 0 Å². The Morgan fingerprint density at radius 2 is 1.67 bits per heavy atom. The molecule has 4 aromatic carbocycles. The molecule has 0 saturated carbocycles. The van der Waals surface area contributed by atoms with E-state index in [4.69, 9.17) is 9.47 Å². The summed E-state index contributed by atoms with van der Waals surface area (Å²) in [4.78, 5) is 12.7. The first-order valence-electron chi connectivity index (χ1n) is 8.59. The van der Waals surface area contributed by atoms with Crippen molar-refractivity contribution in [1.29, 1.82) is 0 Å². The number of hydrogen-bond donors (Lipinski definition) is 0. The van der Waals surface area contributed by atoms with E-state index in [0.29, 0.717) is 11.5 Å². The van der Waals surface area contributed by atoms with Crippen molar-refractivity contribution in [1.82, 2.24) is 0 Å². The Morgan fingerprint density at radius 1 is 0.852 bits per heavy atom.